The fourth-order valence-corrected chi connectivity index (χ4v) is 4.94. The van der Waals surface area contributed by atoms with Crippen LogP contribution in [-0.2, 0) is 9.59 Å². The predicted octanol–water partition coefficient (Wildman–Crippen LogP) is 1.98. The predicted molar refractivity (Wildman–Crippen MR) is 87.2 cm³/mol. The summed E-state index contributed by atoms with van der Waals surface area (Å²) in [6.45, 7) is 0. The van der Waals surface area contributed by atoms with Gasteiger partial charge in [-0.2, -0.15) is 10.1 Å². The molecule has 6 atom stereocenters. The number of imide groups is 1. The smallest absolute Gasteiger partial charge is 0.272 e. The van der Waals surface area contributed by atoms with Crippen molar-refractivity contribution < 1.29 is 14.5 Å². The number of nitro benzene ring substituents is 1. The molecule has 0 aromatic heterocycles. The van der Waals surface area contributed by atoms with Crippen molar-refractivity contribution in [3.05, 3.63) is 52.1 Å². The SMILES string of the molecule is O=C1[C@@H]2[C@@H]3C=C[C@H]([C@H]4C[C@H]34)[C@@H]2C(=O)N1/N=C/c1ccccc1[N+](=O)[O-]. The van der Waals surface area contributed by atoms with Gasteiger partial charge in [0.2, 0.25) is 0 Å². The molecule has 4 aliphatic carbocycles. The molecule has 2 saturated carbocycles. The van der Waals surface area contributed by atoms with E-state index in [0.29, 0.717) is 11.8 Å². The van der Waals surface area contributed by atoms with Crippen LogP contribution in [0.1, 0.15) is 12.0 Å². The van der Waals surface area contributed by atoms with E-state index in [2.05, 4.69) is 17.3 Å². The molecule has 1 aliphatic heterocycles. The van der Waals surface area contributed by atoms with E-state index in [0.717, 1.165) is 11.4 Å². The minimum absolute atomic E-state index is 0.106. The van der Waals surface area contributed by atoms with Crippen molar-refractivity contribution in [3.63, 3.8) is 0 Å². The molecule has 5 aliphatic rings. The van der Waals surface area contributed by atoms with Crippen molar-refractivity contribution in [2.45, 2.75) is 6.42 Å². The summed E-state index contributed by atoms with van der Waals surface area (Å²) >= 11 is 0. The van der Waals surface area contributed by atoms with Crippen LogP contribution < -0.4 is 0 Å². The largest absolute Gasteiger partial charge is 0.278 e. The first kappa shape index (κ1) is 14.5. The Labute approximate surface area is 143 Å². The summed E-state index contributed by atoms with van der Waals surface area (Å²) < 4.78 is 0. The number of para-hydroxylation sites is 1. The zero-order valence-electron chi connectivity index (χ0n) is 13.2. The second-order valence-corrected chi connectivity index (χ2v) is 7.20. The third kappa shape index (κ3) is 1.89. The van der Waals surface area contributed by atoms with Gasteiger partial charge >= 0.3 is 0 Å². The zero-order valence-corrected chi connectivity index (χ0v) is 13.2. The first-order chi connectivity index (χ1) is 12.1. The summed E-state index contributed by atoms with van der Waals surface area (Å²) in [6.07, 6.45) is 6.54. The molecule has 1 aromatic carbocycles. The molecule has 0 unspecified atom stereocenters. The zero-order chi connectivity index (χ0) is 17.3. The summed E-state index contributed by atoms with van der Waals surface area (Å²) in [7, 11) is 0. The molecule has 7 heteroatoms. The summed E-state index contributed by atoms with van der Waals surface area (Å²) in [5, 5.41) is 16.0. The minimum Gasteiger partial charge on any atom is -0.272 e. The minimum atomic E-state index is -0.508. The number of hydrogen-bond donors (Lipinski definition) is 0. The van der Waals surface area contributed by atoms with Gasteiger partial charge in [-0.25, -0.2) is 0 Å². The molecule has 1 heterocycles. The number of hydrazone groups is 1. The molecule has 1 saturated heterocycles. The number of nitro groups is 1. The first-order valence-corrected chi connectivity index (χ1v) is 8.41. The van der Waals surface area contributed by atoms with Crippen LogP contribution in [0.15, 0.2) is 41.5 Å². The molecule has 3 fully saturated rings. The van der Waals surface area contributed by atoms with Gasteiger partial charge in [0.25, 0.3) is 17.5 Å². The Balaban J connectivity index is 1.46. The number of carbonyl (C=O) groups is 2. The van der Waals surface area contributed by atoms with Crippen molar-refractivity contribution in [2.24, 2.45) is 40.6 Å². The fraction of sp³-hybridized carbons (Fsp3) is 0.389. The second kappa shape index (κ2) is 4.84. The van der Waals surface area contributed by atoms with Gasteiger partial charge in [-0.1, -0.05) is 24.3 Å². The number of nitrogens with zero attached hydrogens (tertiary/aromatic N) is 3. The lowest BCUT2D eigenvalue weighted by Crippen LogP contribution is -2.40. The maximum Gasteiger partial charge on any atom is 0.278 e. The van der Waals surface area contributed by atoms with Crippen molar-refractivity contribution in [2.75, 3.05) is 0 Å². The molecule has 126 valence electrons. The topological polar surface area (TPSA) is 92.9 Å². The highest BCUT2D eigenvalue weighted by molar-refractivity contribution is 6.06. The lowest BCUT2D eigenvalue weighted by atomic mass is 9.63. The number of allylic oxidation sites excluding steroid dienone is 2. The average molecular weight is 337 g/mol. The highest BCUT2D eigenvalue weighted by atomic mass is 16.6. The Hall–Kier alpha value is -2.83. The van der Waals surface area contributed by atoms with E-state index in [9.17, 15) is 19.7 Å². The van der Waals surface area contributed by atoms with Crippen molar-refractivity contribution in [3.8, 4) is 0 Å². The van der Waals surface area contributed by atoms with E-state index >= 15 is 0 Å². The van der Waals surface area contributed by atoms with Crippen molar-refractivity contribution >= 4 is 23.7 Å². The molecule has 7 nitrogen and oxygen atoms in total. The Kier molecular flexibility index (Phi) is 2.81. The molecule has 1 aromatic rings. The standard InChI is InChI=1S/C18H15N3O4/c22-17-15-10-5-6-11(13-7-12(10)13)16(15)18(23)20(17)19-8-9-3-1-2-4-14(9)21(24)25/h1-6,8,10-13,15-16H,7H2/b19-8+/t10-,11-,12-,13-,15-,16+/m1/s1. The summed E-state index contributed by atoms with van der Waals surface area (Å²) in [6, 6.07) is 6.12. The fourth-order valence-electron chi connectivity index (χ4n) is 4.94. The van der Waals surface area contributed by atoms with E-state index in [1.165, 1.54) is 12.3 Å². The number of carbonyl (C=O) groups excluding carboxylic acids is 2. The van der Waals surface area contributed by atoms with Gasteiger partial charge < -0.3 is 0 Å². The van der Waals surface area contributed by atoms with Crippen LogP contribution in [0.25, 0.3) is 0 Å². The lowest BCUT2D eigenvalue weighted by molar-refractivity contribution is -0.385. The van der Waals surface area contributed by atoms with Crippen LogP contribution in [0.3, 0.4) is 0 Å². The summed E-state index contributed by atoms with van der Waals surface area (Å²) in [5.74, 6) is 0.192. The average Bonchev–Trinajstić information content (AvgIpc) is 3.39. The van der Waals surface area contributed by atoms with Crippen LogP contribution in [0.4, 0.5) is 5.69 Å². The van der Waals surface area contributed by atoms with Crippen molar-refractivity contribution in [1.82, 2.24) is 5.01 Å². The molecule has 2 bridgehead atoms. The molecule has 0 radical (unpaired) electrons. The van der Waals surface area contributed by atoms with Gasteiger partial charge in [-0.05, 0) is 36.2 Å². The van der Waals surface area contributed by atoms with E-state index in [-0.39, 0.29) is 46.7 Å². The monoisotopic (exact) mass is 337 g/mol. The third-order valence-electron chi connectivity index (χ3n) is 6.09. The van der Waals surface area contributed by atoms with Gasteiger partial charge in [0.15, 0.2) is 0 Å². The Morgan fingerprint density at radius 2 is 1.68 bits per heavy atom. The Morgan fingerprint density at radius 1 is 1.08 bits per heavy atom. The second-order valence-electron chi connectivity index (χ2n) is 7.20. The van der Waals surface area contributed by atoms with E-state index in [4.69, 9.17) is 0 Å². The van der Waals surface area contributed by atoms with Gasteiger partial charge in [0.1, 0.15) is 0 Å². The van der Waals surface area contributed by atoms with Crippen LogP contribution in [0.5, 0.6) is 0 Å². The van der Waals surface area contributed by atoms with Crippen LogP contribution in [0, 0.1) is 45.6 Å². The number of amides is 2. The molecule has 6 rings (SSSR count). The molecule has 0 N–H and O–H groups in total. The van der Waals surface area contributed by atoms with Gasteiger partial charge in [-0.3, -0.25) is 19.7 Å². The van der Waals surface area contributed by atoms with E-state index < -0.39 is 4.92 Å². The molecular formula is C18H15N3O4. The molecular weight excluding hydrogens is 322 g/mol. The maximum absolute atomic E-state index is 12.8. The Morgan fingerprint density at radius 3 is 2.28 bits per heavy atom. The normalized spacial score (nSPS) is 37.5. The van der Waals surface area contributed by atoms with Gasteiger partial charge in [-0.15, -0.1) is 0 Å². The van der Waals surface area contributed by atoms with Crippen molar-refractivity contribution in [1.29, 1.82) is 0 Å². The van der Waals surface area contributed by atoms with Gasteiger partial charge in [0.05, 0.1) is 28.5 Å². The van der Waals surface area contributed by atoms with Gasteiger partial charge in [0, 0.05) is 6.07 Å². The molecule has 25 heavy (non-hydrogen) atoms. The summed E-state index contributed by atoms with van der Waals surface area (Å²) in [5.41, 5.74) is 0.164. The molecule has 0 spiro atoms. The first-order valence-electron chi connectivity index (χ1n) is 8.41. The number of hydrogen-bond acceptors (Lipinski definition) is 5. The third-order valence-corrected chi connectivity index (χ3v) is 6.09. The van der Waals surface area contributed by atoms with Crippen LogP contribution >= 0.6 is 0 Å². The highest BCUT2D eigenvalue weighted by Crippen LogP contribution is 2.65. The molecule has 2 amide bonds. The van der Waals surface area contributed by atoms with E-state index in [1.807, 2.05) is 0 Å². The van der Waals surface area contributed by atoms with Crippen LogP contribution in [0.2, 0.25) is 0 Å². The summed E-state index contributed by atoms with van der Waals surface area (Å²) in [4.78, 5) is 36.1. The number of benzene rings is 1. The van der Waals surface area contributed by atoms with Crippen LogP contribution in [-0.4, -0.2) is 28.0 Å². The Bertz CT molecular complexity index is 841. The quantitative estimate of drug-likeness (QED) is 0.277. The lowest BCUT2D eigenvalue weighted by Gasteiger charge is -2.37. The maximum atomic E-state index is 12.8. The number of rotatable bonds is 3. The highest BCUT2D eigenvalue weighted by Gasteiger charge is 2.67. The van der Waals surface area contributed by atoms with E-state index in [1.54, 1.807) is 18.2 Å².